The molecular weight excluding hydrogens is 326 g/mol. The van der Waals surface area contributed by atoms with Crippen LogP contribution < -0.4 is 15.5 Å². The van der Waals surface area contributed by atoms with Crippen molar-refractivity contribution in [3.63, 3.8) is 0 Å². The summed E-state index contributed by atoms with van der Waals surface area (Å²) >= 11 is 8.47. The van der Waals surface area contributed by atoms with Crippen LogP contribution in [0.3, 0.4) is 0 Å². The van der Waals surface area contributed by atoms with Crippen LogP contribution in [0, 0.1) is 0 Å². The molecule has 0 radical (unpaired) electrons. The highest BCUT2D eigenvalue weighted by atomic mass is 79.9. The molecule has 0 heterocycles. The Morgan fingerprint density at radius 1 is 1.53 bits per heavy atom. The largest absolute Gasteiger partial charge is 0.490 e. The van der Waals surface area contributed by atoms with Crippen molar-refractivity contribution in [1.82, 2.24) is 10.7 Å². The molecule has 104 valence electrons. The maximum Gasteiger partial charge on any atom is 0.186 e. The van der Waals surface area contributed by atoms with Crippen molar-refractivity contribution in [2.45, 2.75) is 26.9 Å². The molecule has 4 nitrogen and oxygen atoms in total. The summed E-state index contributed by atoms with van der Waals surface area (Å²) in [6.45, 7) is 6.73. The van der Waals surface area contributed by atoms with E-state index in [-0.39, 0.29) is 6.10 Å². The molecule has 0 spiro atoms. The number of nitrogens with zero attached hydrogens (tertiary/aromatic N) is 1. The summed E-state index contributed by atoms with van der Waals surface area (Å²) in [4.78, 5) is 0. The fraction of sp³-hybridized carbons (Fsp3) is 0.385. The molecule has 1 aromatic carbocycles. The van der Waals surface area contributed by atoms with E-state index in [1.165, 1.54) is 0 Å². The topological polar surface area (TPSA) is 45.7 Å². The average molecular weight is 344 g/mol. The second-order valence-corrected chi connectivity index (χ2v) is 5.35. The molecule has 0 unspecified atom stereocenters. The van der Waals surface area contributed by atoms with Crippen LogP contribution >= 0.6 is 28.1 Å². The summed E-state index contributed by atoms with van der Waals surface area (Å²) in [6, 6.07) is 5.79. The third kappa shape index (κ3) is 6.02. The normalized spacial score (nSPS) is 10.8. The van der Waals surface area contributed by atoms with Crippen LogP contribution in [0.2, 0.25) is 0 Å². The van der Waals surface area contributed by atoms with Crippen molar-refractivity contribution in [2.24, 2.45) is 5.10 Å². The van der Waals surface area contributed by atoms with Crippen molar-refractivity contribution in [2.75, 3.05) is 6.54 Å². The van der Waals surface area contributed by atoms with E-state index in [1.54, 1.807) is 6.21 Å². The minimum absolute atomic E-state index is 0.148. The monoisotopic (exact) mass is 343 g/mol. The Morgan fingerprint density at radius 2 is 2.26 bits per heavy atom. The molecule has 0 aliphatic heterocycles. The fourth-order valence-corrected chi connectivity index (χ4v) is 2.00. The van der Waals surface area contributed by atoms with E-state index >= 15 is 0 Å². The second-order valence-electron chi connectivity index (χ2n) is 4.09. The predicted molar refractivity (Wildman–Crippen MR) is 86.9 cm³/mol. The van der Waals surface area contributed by atoms with Gasteiger partial charge in [-0.3, -0.25) is 5.43 Å². The van der Waals surface area contributed by atoms with Crippen molar-refractivity contribution in [3.05, 3.63) is 28.2 Å². The molecule has 0 atom stereocenters. The highest BCUT2D eigenvalue weighted by Gasteiger charge is 2.03. The molecule has 1 rings (SSSR count). The predicted octanol–water partition coefficient (Wildman–Crippen LogP) is 3.05. The quantitative estimate of drug-likeness (QED) is 0.490. The van der Waals surface area contributed by atoms with Gasteiger partial charge in [-0.15, -0.1) is 0 Å². The van der Waals surface area contributed by atoms with Gasteiger partial charge < -0.3 is 10.1 Å². The van der Waals surface area contributed by atoms with Gasteiger partial charge in [0, 0.05) is 6.54 Å². The van der Waals surface area contributed by atoms with E-state index < -0.39 is 0 Å². The molecule has 0 aromatic heterocycles. The highest BCUT2D eigenvalue weighted by Crippen LogP contribution is 2.26. The lowest BCUT2D eigenvalue weighted by atomic mass is 10.2. The number of nitrogens with one attached hydrogen (secondary N) is 2. The zero-order chi connectivity index (χ0) is 14.3. The minimum atomic E-state index is 0.148. The Bertz CT molecular complexity index is 463. The first-order chi connectivity index (χ1) is 9.02. The van der Waals surface area contributed by atoms with Crippen molar-refractivity contribution in [1.29, 1.82) is 0 Å². The van der Waals surface area contributed by atoms with Crippen LogP contribution in [0.4, 0.5) is 0 Å². The molecule has 0 saturated carbocycles. The lowest BCUT2D eigenvalue weighted by molar-refractivity contribution is 0.241. The first-order valence-electron chi connectivity index (χ1n) is 6.06. The molecule has 0 bridgehead atoms. The SMILES string of the molecule is CCNC(=S)N/N=C/c1ccc(OC(C)C)c(Br)c1. The Labute approximate surface area is 127 Å². The maximum absolute atomic E-state index is 5.64. The minimum Gasteiger partial charge on any atom is -0.490 e. The number of benzene rings is 1. The third-order valence-electron chi connectivity index (χ3n) is 2.04. The van der Waals surface area contributed by atoms with E-state index in [0.717, 1.165) is 22.3 Å². The molecule has 2 N–H and O–H groups in total. The zero-order valence-electron chi connectivity index (χ0n) is 11.2. The van der Waals surface area contributed by atoms with Gasteiger partial charge >= 0.3 is 0 Å². The van der Waals surface area contributed by atoms with Gasteiger partial charge in [0.1, 0.15) is 5.75 Å². The van der Waals surface area contributed by atoms with Gasteiger partial charge in [0.2, 0.25) is 0 Å². The number of halogens is 1. The van der Waals surface area contributed by atoms with Gasteiger partial charge in [-0.1, -0.05) is 0 Å². The van der Waals surface area contributed by atoms with Crippen LogP contribution in [0.25, 0.3) is 0 Å². The summed E-state index contributed by atoms with van der Waals surface area (Å²) in [7, 11) is 0. The van der Waals surface area contributed by atoms with Gasteiger partial charge in [0.05, 0.1) is 16.8 Å². The molecule has 0 saturated heterocycles. The smallest absolute Gasteiger partial charge is 0.186 e. The lowest BCUT2D eigenvalue weighted by Crippen LogP contribution is -2.31. The van der Waals surface area contributed by atoms with Crippen molar-refractivity contribution >= 4 is 39.5 Å². The molecule has 0 fully saturated rings. The average Bonchev–Trinajstić information content (AvgIpc) is 2.32. The Morgan fingerprint density at radius 3 is 2.84 bits per heavy atom. The fourth-order valence-electron chi connectivity index (χ4n) is 1.31. The standard InChI is InChI=1S/C13H18BrN3OS/c1-4-15-13(19)17-16-8-10-5-6-12(11(14)7-10)18-9(2)3/h5-9H,4H2,1-3H3,(H2,15,17,19)/b16-8+. The highest BCUT2D eigenvalue weighted by molar-refractivity contribution is 9.10. The summed E-state index contributed by atoms with van der Waals surface area (Å²) < 4.78 is 6.54. The molecule has 1 aromatic rings. The number of thiocarbonyl (C=S) groups is 1. The van der Waals surface area contributed by atoms with Gasteiger partial charge in [0.25, 0.3) is 0 Å². The molecule has 0 aliphatic carbocycles. The molecule has 0 amide bonds. The first kappa shape index (κ1) is 15.9. The third-order valence-corrected chi connectivity index (χ3v) is 2.89. The Balaban J connectivity index is 2.63. The van der Waals surface area contributed by atoms with E-state index in [4.69, 9.17) is 17.0 Å². The van der Waals surface area contributed by atoms with Gasteiger partial charge in [-0.2, -0.15) is 5.10 Å². The van der Waals surface area contributed by atoms with Crippen LogP contribution in [0.5, 0.6) is 5.75 Å². The summed E-state index contributed by atoms with van der Waals surface area (Å²) in [5.41, 5.74) is 3.70. The van der Waals surface area contributed by atoms with E-state index in [1.807, 2.05) is 39.0 Å². The van der Waals surface area contributed by atoms with Gasteiger partial charge in [0.15, 0.2) is 5.11 Å². The summed E-state index contributed by atoms with van der Waals surface area (Å²) in [5, 5.41) is 7.51. The van der Waals surface area contributed by atoms with Crippen molar-refractivity contribution < 1.29 is 4.74 Å². The van der Waals surface area contributed by atoms with Crippen LogP contribution in [-0.2, 0) is 0 Å². The number of hydrogen-bond donors (Lipinski definition) is 2. The van der Waals surface area contributed by atoms with Gasteiger partial charge in [-0.25, -0.2) is 0 Å². The molecule has 0 aliphatic rings. The number of rotatable bonds is 5. The molecule has 6 heteroatoms. The maximum atomic E-state index is 5.64. The number of hydrogen-bond acceptors (Lipinski definition) is 3. The zero-order valence-corrected chi connectivity index (χ0v) is 13.6. The van der Waals surface area contributed by atoms with E-state index in [2.05, 4.69) is 31.8 Å². The number of hydrazone groups is 1. The second kappa shape index (κ2) is 8.12. The van der Waals surface area contributed by atoms with Crippen LogP contribution in [-0.4, -0.2) is 24.0 Å². The van der Waals surface area contributed by atoms with Gasteiger partial charge in [-0.05, 0) is 72.7 Å². The summed E-state index contributed by atoms with van der Waals surface area (Å²) in [5.74, 6) is 0.822. The molecule has 19 heavy (non-hydrogen) atoms. The lowest BCUT2D eigenvalue weighted by Gasteiger charge is -2.11. The van der Waals surface area contributed by atoms with Crippen LogP contribution in [0.15, 0.2) is 27.8 Å². The van der Waals surface area contributed by atoms with E-state index in [0.29, 0.717) is 5.11 Å². The Hall–Kier alpha value is -1.14. The van der Waals surface area contributed by atoms with Crippen molar-refractivity contribution in [3.8, 4) is 5.75 Å². The summed E-state index contributed by atoms with van der Waals surface area (Å²) in [6.07, 6.45) is 1.85. The molecular formula is C13H18BrN3OS. The van der Waals surface area contributed by atoms with E-state index in [9.17, 15) is 0 Å². The Kier molecular flexibility index (Phi) is 6.80. The van der Waals surface area contributed by atoms with Crippen LogP contribution in [0.1, 0.15) is 26.3 Å². The first-order valence-corrected chi connectivity index (χ1v) is 7.26. The number of ether oxygens (including phenoxy) is 1.